The van der Waals surface area contributed by atoms with Crippen molar-refractivity contribution in [2.24, 2.45) is 0 Å². The molecule has 4 heteroatoms. The van der Waals surface area contributed by atoms with Crippen molar-refractivity contribution in [3.63, 3.8) is 0 Å². The number of carbonyl (C=O) groups excluding carboxylic acids is 1. The molecule has 140 valence electrons. The average molecular weight is 371 g/mol. The van der Waals surface area contributed by atoms with Crippen LogP contribution < -0.4 is 5.32 Å². The SMILES string of the molecule is O=C(N[C@H]1Cc2ccccc2[C@@H]1O)OCC1c2ccccc2-c2ccccc21. The summed E-state index contributed by atoms with van der Waals surface area (Å²) < 4.78 is 5.59. The van der Waals surface area contributed by atoms with Crippen LogP contribution in [0.4, 0.5) is 4.79 Å². The highest BCUT2D eigenvalue weighted by Gasteiger charge is 2.33. The number of carbonyl (C=O) groups is 1. The Balaban J connectivity index is 1.28. The summed E-state index contributed by atoms with van der Waals surface area (Å²) in [6.07, 6.45) is -0.572. The first kappa shape index (κ1) is 17.0. The largest absolute Gasteiger partial charge is 0.449 e. The maximum atomic E-state index is 12.4. The summed E-state index contributed by atoms with van der Waals surface area (Å²) in [5.74, 6) is 0.0313. The molecule has 0 aliphatic heterocycles. The molecule has 0 heterocycles. The molecule has 5 rings (SSSR count). The fraction of sp³-hybridized carbons (Fsp3) is 0.208. The number of hydrogen-bond donors (Lipinski definition) is 2. The van der Waals surface area contributed by atoms with Gasteiger partial charge in [0.15, 0.2) is 0 Å². The lowest BCUT2D eigenvalue weighted by molar-refractivity contribution is 0.111. The van der Waals surface area contributed by atoms with Crippen molar-refractivity contribution in [1.82, 2.24) is 5.32 Å². The van der Waals surface area contributed by atoms with Gasteiger partial charge in [0, 0.05) is 5.92 Å². The molecule has 0 saturated carbocycles. The van der Waals surface area contributed by atoms with Crippen molar-refractivity contribution in [2.45, 2.75) is 24.5 Å². The summed E-state index contributed by atoms with van der Waals surface area (Å²) in [5.41, 5.74) is 6.72. The Labute approximate surface area is 163 Å². The van der Waals surface area contributed by atoms with E-state index in [1.54, 1.807) is 0 Å². The van der Waals surface area contributed by atoms with Gasteiger partial charge in [-0.05, 0) is 39.8 Å². The molecule has 0 unspecified atom stereocenters. The second kappa shape index (κ2) is 6.80. The predicted octanol–water partition coefficient (Wildman–Crippen LogP) is 4.18. The molecule has 3 aromatic carbocycles. The van der Waals surface area contributed by atoms with E-state index in [1.165, 1.54) is 22.3 Å². The van der Waals surface area contributed by atoms with Crippen molar-refractivity contribution in [1.29, 1.82) is 0 Å². The first-order chi connectivity index (χ1) is 13.7. The molecule has 0 fully saturated rings. The molecule has 0 spiro atoms. The van der Waals surface area contributed by atoms with Crippen LogP contribution in [-0.2, 0) is 11.2 Å². The van der Waals surface area contributed by atoms with Crippen LogP contribution in [0.2, 0.25) is 0 Å². The van der Waals surface area contributed by atoms with E-state index in [4.69, 9.17) is 4.74 Å². The number of hydrogen-bond acceptors (Lipinski definition) is 3. The predicted molar refractivity (Wildman–Crippen MR) is 107 cm³/mol. The summed E-state index contributed by atoms with van der Waals surface area (Å²) in [5, 5.41) is 13.3. The molecule has 2 atom stereocenters. The number of aliphatic hydroxyl groups is 1. The molecule has 0 saturated heterocycles. The zero-order valence-electron chi connectivity index (χ0n) is 15.3. The van der Waals surface area contributed by atoms with Gasteiger partial charge in [-0.1, -0.05) is 72.8 Å². The highest BCUT2D eigenvalue weighted by molar-refractivity contribution is 5.79. The van der Waals surface area contributed by atoms with Crippen LogP contribution >= 0.6 is 0 Å². The summed E-state index contributed by atoms with van der Waals surface area (Å²) in [7, 11) is 0. The van der Waals surface area contributed by atoms with Crippen molar-refractivity contribution in [2.75, 3.05) is 6.61 Å². The summed E-state index contributed by atoms with van der Waals surface area (Å²) in [6, 6.07) is 23.9. The minimum atomic E-state index is -0.698. The average Bonchev–Trinajstić information content (AvgIpc) is 3.22. The molecule has 2 aliphatic rings. The second-order valence-corrected chi connectivity index (χ2v) is 7.42. The Kier molecular flexibility index (Phi) is 4.14. The van der Waals surface area contributed by atoms with Crippen molar-refractivity contribution in [3.05, 3.63) is 95.1 Å². The molecule has 4 nitrogen and oxygen atoms in total. The Bertz CT molecular complexity index is 1000. The van der Waals surface area contributed by atoms with Crippen molar-refractivity contribution >= 4 is 6.09 Å². The van der Waals surface area contributed by atoms with E-state index in [9.17, 15) is 9.90 Å². The first-order valence-corrected chi connectivity index (χ1v) is 9.60. The van der Waals surface area contributed by atoms with Crippen LogP contribution in [0, 0.1) is 0 Å². The summed E-state index contributed by atoms with van der Waals surface area (Å²) in [6.45, 7) is 0.273. The maximum absolute atomic E-state index is 12.4. The minimum absolute atomic E-state index is 0.0313. The highest BCUT2D eigenvalue weighted by Crippen LogP contribution is 2.44. The molecule has 1 amide bonds. The topological polar surface area (TPSA) is 58.6 Å². The Morgan fingerprint density at radius 3 is 2.11 bits per heavy atom. The number of nitrogens with one attached hydrogen (secondary N) is 1. The van der Waals surface area contributed by atoms with Crippen LogP contribution in [0.5, 0.6) is 0 Å². The molecule has 28 heavy (non-hydrogen) atoms. The number of ether oxygens (including phenoxy) is 1. The molecular weight excluding hydrogens is 350 g/mol. The molecular formula is C24H21NO3. The lowest BCUT2D eigenvalue weighted by Gasteiger charge is -2.19. The highest BCUT2D eigenvalue weighted by atomic mass is 16.5. The molecule has 2 N–H and O–H groups in total. The molecule has 2 aliphatic carbocycles. The molecule has 0 bridgehead atoms. The van der Waals surface area contributed by atoms with Gasteiger partial charge in [-0.15, -0.1) is 0 Å². The Hall–Kier alpha value is -3.11. The van der Waals surface area contributed by atoms with Gasteiger partial charge in [-0.3, -0.25) is 0 Å². The summed E-state index contributed by atoms with van der Waals surface area (Å²) in [4.78, 5) is 12.4. The second-order valence-electron chi connectivity index (χ2n) is 7.42. The zero-order valence-corrected chi connectivity index (χ0v) is 15.3. The van der Waals surface area contributed by atoms with E-state index in [0.717, 1.165) is 11.1 Å². The number of fused-ring (bicyclic) bond motifs is 4. The van der Waals surface area contributed by atoms with E-state index in [1.807, 2.05) is 48.5 Å². The van der Waals surface area contributed by atoms with E-state index < -0.39 is 12.2 Å². The van der Waals surface area contributed by atoms with E-state index in [0.29, 0.717) is 6.42 Å². The fourth-order valence-corrected chi connectivity index (χ4v) is 4.50. The zero-order chi connectivity index (χ0) is 19.1. The number of aliphatic hydroxyl groups excluding tert-OH is 1. The Morgan fingerprint density at radius 2 is 1.46 bits per heavy atom. The molecule has 0 radical (unpaired) electrons. The van der Waals surface area contributed by atoms with E-state index in [2.05, 4.69) is 29.6 Å². The number of rotatable bonds is 3. The van der Waals surface area contributed by atoms with Crippen molar-refractivity contribution in [3.8, 4) is 11.1 Å². The third kappa shape index (κ3) is 2.77. The fourth-order valence-electron chi connectivity index (χ4n) is 4.50. The monoisotopic (exact) mass is 371 g/mol. The maximum Gasteiger partial charge on any atom is 0.407 e. The van der Waals surface area contributed by atoms with Gasteiger partial charge in [-0.2, -0.15) is 0 Å². The lowest BCUT2D eigenvalue weighted by atomic mass is 9.98. The van der Waals surface area contributed by atoms with Gasteiger partial charge in [0.05, 0.1) is 12.1 Å². The molecule has 3 aromatic rings. The number of alkyl carbamates (subject to hydrolysis) is 1. The summed E-state index contributed by atoms with van der Waals surface area (Å²) >= 11 is 0. The minimum Gasteiger partial charge on any atom is -0.449 e. The quantitative estimate of drug-likeness (QED) is 0.726. The van der Waals surface area contributed by atoms with Crippen LogP contribution in [-0.4, -0.2) is 23.8 Å². The smallest absolute Gasteiger partial charge is 0.407 e. The number of benzene rings is 3. The van der Waals surface area contributed by atoms with Crippen LogP contribution in [0.3, 0.4) is 0 Å². The van der Waals surface area contributed by atoms with Crippen LogP contribution in [0.25, 0.3) is 11.1 Å². The van der Waals surface area contributed by atoms with Crippen LogP contribution in [0.15, 0.2) is 72.8 Å². The lowest BCUT2D eigenvalue weighted by Crippen LogP contribution is -2.38. The number of amides is 1. The van der Waals surface area contributed by atoms with E-state index >= 15 is 0 Å². The Morgan fingerprint density at radius 1 is 0.893 bits per heavy atom. The van der Waals surface area contributed by atoms with Crippen LogP contribution in [0.1, 0.15) is 34.3 Å². The van der Waals surface area contributed by atoms with E-state index in [-0.39, 0.29) is 18.6 Å². The van der Waals surface area contributed by atoms with Gasteiger partial charge in [0.2, 0.25) is 0 Å². The van der Waals surface area contributed by atoms with Gasteiger partial charge in [-0.25, -0.2) is 4.79 Å². The normalized spacial score (nSPS) is 19.6. The first-order valence-electron chi connectivity index (χ1n) is 9.60. The van der Waals surface area contributed by atoms with Gasteiger partial charge in [0.25, 0.3) is 0 Å². The standard InChI is InChI=1S/C24H21NO3/c26-23-16-8-2-1-7-15(16)13-22(23)25-24(27)28-14-21-19-11-5-3-9-17(19)18-10-4-6-12-20(18)21/h1-12,21-23,26H,13-14H2,(H,25,27)/t22-,23-/m0/s1. The van der Waals surface area contributed by atoms with Gasteiger partial charge >= 0.3 is 6.09 Å². The third-order valence-corrected chi connectivity index (χ3v) is 5.84. The third-order valence-electron chi connectivity index (χ3n) is 5.84. The van der Waals surface area contributed by atoms with Crippen molar-refractivity contribution < 1.29 is 14.6 Å². The molecule has 0 aromatic heterocycles. The van der Waals surface area contributed by atoms with Gasteiger partial charge in [0.1, 0.15) is 6.61 Å². The van der Waals surface area contributed by atoms with Gasteiger partial charge < -0.3 is 15.2 Å².